The van der Waals surface area contributed by atoms with Gasteiger partial charge in [-0.2, -0.15) is 0 Å². The first-order chi connectivity index (χ1) is 10.7. The van der Waals surface area contributed by atoms with Crippen molar-refractivity contribution in [2.45, 2.75) is 38.8 Å². The van der Waals surface area contributed by atoms with Crippen LogP contribution >= 0.6 is 0 Å². The monoisotopic (exact) mass is 322 g/mol. The van der Waals surface area contributed by atoms with Gasteiger partial charge in [0.15, 0.2) is 0 Å². The van der Waals surface area contributed by atoms with E-state index in [2.05, 4.69) is 10.6 Å². The van der Waals surface area contributed by atoms with E-state index in [-0.39, 0.29) is 13.0 Å². The second kappa shape index (κ2) is 8.17. The van der Waals surface area contributed by atoms with E-state index in [0.717, 1.165) is 5.56 Å². The summed E-state index contributed by atoms with van der Waals surface area (Å²) < 4.78 is 4.99. The molecule has 0 aliphatic heterocycles. The van der Waals surface area contributed by atoms with Crippen molar-refractivity contribution in [2.24, 2.45) is 0 Å². The number of carbonyl (C=O) groups is 3. The maximum atomic E-state index is 11.8. The normalized spacial score (nSPS) is 12.1. The molecule has 23 heavy (non-hydrogen) atoms. The molecule has 3 N–H and O–H groups in total. The largest absolute Gasteiger partial charge is 0.480 e. The number of carboxylic acid groups (broad SMARTS) is 1. The van der Waals surface area contributed by atoms with E-state index in [4.69, 9.17) is 4.74 Å². The van der Waals surface area contributed by atoms with Crippen molar-refractivity contribution in [1.82, 2.24) is 10.6 Å². The Morgan fingerprint density at radius 2 is 1.78 bits per heavy atom. The Bertz CT molecular complexity index is 551. The average Bonchev–Trinajstić information content (AvgIpc) is 2.43. The van der Waals surface area contributed by atoms with Gasteiger partial charge in [0.25, 0.3) is 0 Å². The lowest BCUT2D eigenvalue weighted by molar-refractivity contribution is -0.141. The molecule has 0 bridgehead atoms. The highest BCUT2D eigenvalue weighted by Crippen LogP contribution is 2.06. The zero-order valence-corrected chi connectivity index (χ0v) is 13.5. The van der Waals surface area contributed by atoms with Crippen LogP contribution in [0.5, 0.6) is 0 Å². The SMILES string of the molecule is CC(C)(C)OC(=O)NCC(=O)N[C@H](Cc1ccccc1)C(=O)O. The molecular weight excluding hydrogens is 300 g/mol. The summed E-state index contributed by atoms with van der Waals surface area (Å²) in [5, 5.41) is 13.8. The smallest absolute Gasteiger partial charge is 0.408 e. The summed E-state index contributed by atoms with van der Waals surface area (Å²) in [4.78, 5) is 34.5. The Morgan fingerprint density at radius 1 is 1.17 bits per heavy atom. The molecule has 0 saturated heterocycles. The molecule has 0 aliphatic carbocycles. The van der Waals surface area contributed by atoms with Crippen LogP contribution in [0.3, 0.4) is 0 Å². The van der Waals surface area contributed by atoms with Crippen LogP contribution in [0.2, 0.25) is 0 Å². The lowest BCUT2D eigenvalue weighted by atomic mass is 10.1. The fourth-order valence-electron chi connectivity index (χ4n) is 1.76. The average molecular weight is 322 g/mol. The van der Waals surface area contributed by atoms with Gasteiger partial charge < -0.3 is 20.5 Å². The van der Waals surface area contributed by atoms with Crippen LogP contribution in [-0.4, -0.2) is 41.3 Å². The van der Waals surface area contributed by atoms with E-state index < -0.39 is 29.6 Å². The van der Waals surface area contributed by atoms with Crippen LogP contribution in [0.15, 0.2) is 30.3 Å². The maximum Gasteiger partial charge on any atom is 0.408 e. The third-order valence-electron chi connectivity index (χ3n) is 2.71. The highest BCUT2D eigenvalue weighted by molar-refractivity contribution is 5.86. The van der Waals surface area contributed by atoms with Gasteiger partial charge in [-0.15, -0.1) is 0 Å². The van der Waals surface area contributed by atoms with Crippen LogP contribution in [0.1, 0.15) is 26.3 Å². The van der Waals surface area contributed by atoms with Gasteiger partial charge in [-0.3, -0.25) is 4.79 Å². The second-order valence-corrected chi connectivity index (χ2v) is 6.00. The Balaban J connectivity index is 2.49. The van der Waals surface area contributed by atoms with E-state index in [1.165, 1.54) is 0 Å². The molecule has 0 unspecified atom stereocenters. The summed E-state index contributed by atoms with van der Waals surface area (Å²) in [5.41, 5.74) is 0.123. The molecule has 0 spiro atoms. The molecule has 0 aromatic heterocycles. The lowest BCUT2D eigenvalue weighted by Crippen LogP contribution is -2.47. The minimum atomic E-state index is -1.14. The van der Waals surface area contributed by atoms with Crippen LogP contribution in [0, 0.1) is 0 Å². The van der Waals surface area contributed by atoms with Crippen LogP contribution in [0.4, 0.5) is 4.79 Å². The van der Waals surface area contributed by atoms with Gasteiger partial charge in [0.1, 0.15) is 18.2 Å². The van der Waals surface area contributed by atoms with Crippen molar-refractivity contribution in [3.05, 3.63) is 35.9 Å². The predicted octanol–water partition coefficient (Wildman–Crippen LogP) is 1.32. The molecule has 1 rings (SSSR count). The van der Waals surface area contributed by atoms with E-state index in [1.54, 1.807) is 45.0 Å². The molecule has 2 amide bonds. The predicted molar refractivity (Wildman–Crippen MR) is 83.9 cm³/mol. The molecule has 0 fully saturated rings. The summed E-state index contributed by atoms with van der Waals surface area (Å²) in [6, 6.07) is 7.90. The molecule has 7 heteroatoms. The van der Waals surface area contributed by atoms with Gasteiger partial charge in [-0.1, -0.05) is 30.3 Å². The number of benzene rings is 1. The van der Waals surface area contributed by atoms with Crippen molar-refractivity contribution in [2.75, 3.05) is 6.54 Å². The fourth-order valence-corrected chi connectivity index (χ4v) is 1.76. The summed E-state index contributed by atoms with van der Waals surface area (Å²) in [5.74, 6) is -1.74. The summed E-state index contributed by atoms with van der Waals surface area (Å²) in [6.45, 7) is 4.75. The molecule has 1 aromatic rings. The third kappa shape index (κ3) is 7.85. The number of ether oxygens (including phenoxy) is 1. The molecule has 1 atom stereocenters. The second-order valence-electron chi connectivity index (χ2n) is 6.00. The van der Waals surface area contributed by atoms with Crippen LogP contribution in [-0.2, 0) is 20.7 Å². The third-order valence-corrected chi connectivity index (χ3v) is 2.71. The molecule has 126 valence electrons. The van der Waals surface area contributed by atoms with Crippen molar-refractivity contribution in [3.63, 3.8) is 0 Å². The molecule has 1 aromatic carbocycles. The number of carbonyl (C=O) groups excluding carboxylic acids is 2. The van der Waals surface area contributed by atoms with E-state index in [1.807, 2.05) is 6.07 Å². The Kier molecular flexibility index (Phi) is 6.56. The Morgan fingerprint density at radius 3 is 2.30 bits per heavy atom. The number of carboxylic acids is 1. The van der Waals surface area contributed by atoms with Gasteiger partial charge in [0.05, 0.1) is 0 Å². The van der Waals surface area contributed by atoms with Crippen LogP contribution in [0.25, 0.3) is 0 Å². The van der Waals surface area contributed by atoms with Crippen molar-refractivity contribution >= 4 is 18.0 Å². The maximum absolute atomic E-state index is 11.8. The van der Waals surface area contributed by atoms with Crippen molar-refractivity contribution in [3.8, 4) is 0 Å². The van der Waals surface area contributed by atoms with Gasteiger partial charge in [-0.25, -0.2) is 9.59 Å². The number of hydrogen-bond donors (Lipinski definition) is 3. The van der Waals surface area contributed by atoms with Gasteiger partial charge >= 0.3 is 12.1 Å². The minimum absolute atomic E-state index is 0.161. The molecule has 0 radical (unpaired) electrons. The Hall–Kier alpha value is -2.57. The molecule has 0 aliphatic rings. The lowest BCUT2D eigenvalue weighted by Gasteiger charge is -2.20. The number of rotatable bonds is 6. The van der Waals surface area contributed by atoms with E-state index >= 15 is 0 Å². The molecule has 0 heterocycles. The first-order valence-corrected chi connectivity index (χ1v) is 7.20. The van der Waals surface area contributed by atoms with Gasteiger partial charge in [0, 0.05) is 6.42 Å². The minimum Gasteiger partial charge on any atom is -0.480 e. The van der Waals surface area contributed by atoms with E-state index in [9.17, 15) is 19.5 Å². The standard InChI is InChI=1S/C16H22N2O5/c1-16(2,3)23-15(22)17-10-13(19)18-12(14(20)21)9-11-7-5-4-6-8-11/h4-8,12H,9-10H2,1-3H3,(H,17,22)(H,18,19)(H,20,21)/t12-/m1/s1. The van der Waals surface area contributed by atoms with E-state index in [0.29, 0.717) is 0 Å². The van der Waals surface area contributed by atoms with Crippen LogP contribution < -0.4 is 10.6 Å². The summed E-state index contributed by atoms with van der Waals surface area (Å²) >= 11 is 0. The molecule has 7 nitrogen and oxygen atoms in total. The Labute approximate surface area is 135 Å². The highest BCUT2D eigenvalue weighted by Gasteiger charge is 2.21. The number of hydrogen-bond acceptors (Lipinski definition) is 4. The zero-order valence-electron chi connectivity index (χ0n) is 13.5. The number of aliphatic carboxylic acids is 1. The highest BCUT2D eigenvalue weighted by atomic mass is 16.6. The molecule has 0 saturated carbocycles. The first-order valence-electron chi connectivity index (χ1n) is 7.20. The first kappa shape index (κ1) is 18.5. The number of nitrogens with one attached hydrogen (secondary N) is 2. The molecular formula is C16H22N2O5. The van der Waals surface area contributed by atoms with Gasteiger partial charge in [0.2, 0.25) is 5.91 Å². The fraction of sp³-hybridized carbons (Fsp3) is 0.438. The van der Waals surface area contributed by atoms with Gasteiger partial charge in [-0.05, 0) is 26.3 Å². The quantitative estimate of drug-likeness (QED) is 0.733. The number of alkyl carbamates (subject to hydrolysis) is 1. The zero-order chi connectivity index (χ0) is 17.5. The topological polar surface area (TPSA) is 105 Å². The summed E-state index contributed by atoms with van der Waals surface area (Å²) in [6.07, 6.45) is -0.573. The van der Waals surface area contributed by atoms with Crippen molar-refractivity contribution < 1.29 is 24.2 Å². The number of amides is 2. The summed E-state index contributed by atoms with van der Waals surface area (Å²) in [7, 11) is 0. The van der Waals surface area contributed by atoms with Crippen molar-refractivity contribution in [1.29, 1.82) is 0 Å².